The van der Waals surface area contributed by atoms with Crippen LogP contribution in [0.25, 0.3) is 0 Å². The summed E-state index contributed by atoms with van der Waals surface area (Å²) in [7, 11) is 3.16. The molecule has 1 aliphatic heterocycles. The standard InChI is InChI=1S/C21H25N3O4/c1-27-17-11-9-16(10-12-17)22-21(26)24-13-5-6-15(14-24)20(25)23-18-7-3-4-8-19(18)28-2/h3-4,7-12,15H,5-6,13-14H2,1-2H3,(H,22,26)(H,23,25)/t15-/m1/s1. The van der Waals surface area contributed by atoms with E-state index in [1.54, 1.807) is 55.5 Å². The highest BCUT2D eigenvalue weighted by Crippen LogP contribution is 2.26. The Balaban J connectivity index is 1.59. The highest BCUT2D eigenvalue weighted by molar-refractivity contribution is 5.95. The number of carbonyl (C=O) groups is 2. The van der Waals surface area contributed by atoms with Gasteiger partial charge in [0.2, 0.25) is 5.91 Å². The molecular weight excluding hydrogens is 358 g/mol. The molecule has 0 radical (unpaired) electrons. The van der Waals surface area contributed by atoms with Crippen molar-refractivity contribution in [2.24, 2.45) is 5.92 Å². The van der Waals surface area contributed by atoms with Gasteiger partial charge in [-0.05, 0) is 49.2 Å². The van der Waals surface area contributed by atoms with E-state index >= 15 is 0 Å². The van der Waals surface area contributed by atoms with Crippen LogP contribution < -0.4 is 20.1 Å². The molecule has 2 N–H and O–H groups in total. The fourth-order valence-corrected chi connectivity index (χ4v) is 3.24. The Morgan fingerprint density at radius 2 is 1.75 bits per heavy atom. The quantitative estimate of drug-likeness (QED) is 0.827. The van der Waals surface area contributed by atoms with Gasteiger partial charge in [-0.3, -0.25) is 4.79 Å². The van der Waals surface area contributed by atoms with Crippen molar-refractivity contribution >= 4 is 23.3 Å². The molecule has 0 spiro atoms. The van der Waals surface area contributed by atoms with Crippen molar-refractivity contribution in [1.82, 2.24) is 4.90 Å². The summed E-state index contributed by atoms with van der Waals surface area (Å²) in [5, 5.41) is 5.79. The van der Waals surface area contributed by atoms with E-state index in [1.807, 2.05) is 12.1 Å². The largest absolute Gasteiger partial charge is 0.497 e. The lowest BCUT2D eigenvalue weighted by molar-refractivity contribution is -0.121. The Morgan fingerprint density at radius 1 is 1.00 bits per heavy atom. The molecule has 0 aromatic heterocycles. The summed E-state index contributed by atoms with van der Waals surface area (Å²) in [6, 6.07) is 14.2. The van der Waals surface area contributed by atoms with Crippen LogP contribution in [-0.2, 0) is 4.79 Å². The van der Waals surface area contributed by atoms with Crippen LogP contribution in [0.15, 0.2) is 48.5 Å². The first kappa shape index (κ1) is 19.5. The molecule has 0 bridgehead atoms. The highest BCUT2D eigenvalue weighted by Gasteiger charge is 2.29. The number of nitrogens with one attached hydrogen (secondary N) is 2. The molecular formula is C21H25N3O4. The van der Waals surface area contributed by atoms with E-state index in [-0.39, 0.29) is 17.9 Å². The molecule has 7 heteroatoms. The molecule has 2 aromatic rings. The van der Waals surface area contributed by atoms with Crippen LogP contribution in [0.3, 0.4) is 0 Å². The van der Waals surface area contributed by atoms with Crippen molar-refractivity contribution in [3.8, 4) is 11.5 Å². The Morgan fingerprint density at radius 3 is 2.46 bits per heavy atom. The Labute approximate surface area is 164 Å². The summed E-state index contributed by atoms with van der Waals surface area (Å²) in [4.78, 5) is 27.0. The molecule has 3 rings (SSSR count). The fourth-order valence-electron chi connectivity index (χ4n) is 3.24. The third-order valence-corrected chi connectivity index (χ3v) is 4.79. The number of methoxy groups -OCH3 is 2. The molecule has 3 amide bonds. The number of piperidine rings is 1. The van der Waals surface area contributed by atoms with Crippen molar-refractivity contribution in [1.29, 1.82) is 0 Å². The van der Waals surface area contributed by atoms with Crippen LogP contribution in [0.5, 0.6) is 11.5 Å². The van der Waals surface area contributed by atoms with Gasteiger partial charge in [0.1, 0.15) is 11.5 Å². The van der Waals surface area contributed by atoms with E-state index in [0.717, 1.165) is 18.6 Å². The third kappa shape index (κ3) is 4.73. The number of ether oxygens (including phenoxy) is 2. The summed E-state index contributed by atoms with van der Waals surface area (Å²) >= 11 is 0. The maximum atomic E-state index is 12.7. The molecule has 148 valence electrons. The summed E-state index contributed by atoms with van der Waals surface area (Å²) in [5.41, 5.74) is 1.32. The first-order valence-corrected chi connectivity index (χ1v) is 9.24. The van der Waals surface area contributed by atoms with Gasteiger partial charge in [-0.25, -0.2) is 4.79 Å². The summed E-state index contributed by atoms with van der Waals surface area (Å²) in [5.74, 6) is 0.969. The minimum absolute atomic E-state index is 0.105. The van der Waals surface area contributed by atoms with Crippen molar-refractivity contribution in [3.63, 3.8) is 0 Å². The highest BCUT2D eigenvalue weighted by atomic mass is 16.5. The van der Waals surface area contributed by atoms with E-state index in [2.05, 4.69) is 10.6 Å². The molecule has 2 aromatic carbocycles. The lowest BCUT2D eigenvalue weighted by Gasteiger charge is -2.32. The monoisotopic (exact) mass is 383 g/mol. The summed E-state index contributed by atoms with van der Waals surface area (Å²) < 4.78 is 10.4. The lowest BCUT2D eigenvalue weighted by atomic mass is 9.97. The van der Waals surface area contributed by atoms with Crippen molar-refractivity contribution in [2.45, 2.75) is 12.8 Å². The Kier molecular flexibility index (Phi) is 6.37. The number of rotatable bonds is 5. The molecule has 7 nitrogen and oxygen atoms in total. The van der Waals surface area contributed by atoms with Gasteiger partial charge in [0.05, 0.1) is 25.8 Å². The van der Waals surface area contributed by atoms with Gasteiger partial charge in [-0.2, -0.15) is 0 Å². The third-order valence-electron chi connectivity index (χ3n) is 4.79. The predicted octanol–water partition coefficient (Wildman–Crippen LogP) is 3.59. The van der Waals surface area contributed by atoms with E-state index in [0.29, 0.717) is 30.2 Å². The fraction of sp³-hybridized carbons (Fsp3) is 0.333. The molecule has 1 aliphatic rings. The van der Waals surface area contributed by atoms with E-state index in [9.17, 15) is 9.59 Å². The average molecular weight is 383 g/mol. The number of anilines is 2. The zero-order valence-electron chi connectivity index (χ0n) is 16.1. The van der Waals surface area contributed by atoms with Crippen LogP contribution >= 0.6 is 0 Å². The molecule has 28 heavy (non-hydrogen) atoms. The molecule has 0 saturated carbocycles. The van der Waals surface area contributed by atoms with Gasteiger partial charge in [-0.15, -0.1) is 0 Å². The second-order valence-corrected chi connectivity index (χ2v) is 6.63. The van der Waals surface area contributed by atoms with E-state index in [4.69, 9.17) is 9.47 Å². The molecule has 1 fully saturated rings. The topological polar surface area (TPSA) is 79.9 Å². The predicted molar refractivity (Wildman–Crippen MR) is 108 cm³/mol. The molecule has 1 heterocycles. The van der Waals surface area contributed by atoms with Crippen molar-refractivity contribution in [2.75, 3.05) is 37.9 Å². The maximum absolute atomic E-state index is 12.7. The van der Waals surface area contributed by atoms with Crippen LogP contribution in [0.1, 0.15) is 12.8 Å². The number of para-hydroxylation sites is 2. The van der Waals surface area contributed by atoms with Crippen LogP contribution in [0, 0.1) is 5.92 Å². The Bertz CT molecular complexity index is 823. The van der Waals surface area contributed by atoms with Gasteiger partial charge in [0.15, 0.2) is 0 Å². The molecule has 1 atom stereocenters. The van der Waals surface area contributed by atoms with Gasteiger partial charge in [0.25, 0.3) is 0 Å². The maximum Gasteiger partial charge on any atom is 0.321 e. The molecule has 0 aliphatic carbocycles. The molecule has 1 saturated heterocycles. The summed E-state index contributed by atoms with van der Waals surface area (Å²) in [6.07, 6.45) is 1.52. The van der Waals surface area contributed by atoms with Gasteiger partial charge < -0.3 is 25.0 Å². The minimum Gasteiger partial charge on any atom is -0.497 e. The number of amides is 3. The summed E-state index contributed by atoms with van der Waals surface area (Å²) in [6.45, 7) is 1.00. The number of nitrogens with zero attached hydrogens (tertiary/aromatic N) is 1. The molecule has 0 unspecified atom stereocenters. The normalized spacial score (nSPS) is 16.2. The van der Waals surface area contributed by atoms with Crippen LogP contribution in [0.4, 0.5) is 16.2 Å². The van der Waals surface area contributed by atoms with Crippen molar-refractivity contribution in [3.05, 3.63) is 48.5 Å². The number of likely N-dealkylation sites (tertiary alicyclic amines) is 1. The van der Waals surface area contributed by atoms with E-state index < -0.39 is 0 Å². The van der Waals surface area contributed by atoms with Crippen LogP contribution in [-0.4, -0.2) is 44.1 Å². The number of urea groups is 1. The number of benzene rings is 2. The number of hydrogen-bond acceptors (Lipinski definition) is 4. The van der Waals surface area contributed by atoms with Gasteiger partial charge in [-0.1, -0.05) is 12.1 Å². The van der Waals surface area contributed by atoms with E-state index in [1.165, 1.54) is 0 Å². The Hall–Kier alpha value is -3.22. The second-order valence-electron chi connectivity index (χ2n) is 6.63. The lowest BCUT2D eigenvalue weighted by Crippen LogP contribution is -2.45. The SMILES string of the molecule is COc1ccc(NC(=O)N2CCC[C@@H](C(=O)Nc3ccccc3OC)C2)cc1. The second kappa shape index (κ2) is 9.12. The first-order valence-electron chi connectivity index (χ1n) is 9.24. The van der Waals surface area contributed by atoms with Crippen LogP contribution in [0.2, 0.25) is 0 Å². The smallest absolute Gasteiger partial charge is 0.321 e. The first-order chi connectivity index (χ1) is 13.6. The zero-order chi connectivity index (χ0) is 19.9. The number of hydrogen-bond donors (Lipinski definition) is 2. The minimum atomic E-state index is -0.264. The van der Waals surface area contributed by atoms with Gasteiger partial charge >= 0.3 is 6.03 Å². The van der Waals surface area contributed by atoms with Crippen molar-refractivity contribution < 1.29 is 19.1 Å². The zero-order valence-corrected chi connectivity index (χ0v) is 16.1. The number of carbonyl (C=O) groups excluding carboxylic acids is 2. The average Bonchev–Trinajstić information content (AvgIpc) is 2.74. The van der Waals surface area contributed by atoms with Gasteiger partial charge in [0, 0.05) is 18.8 Å².